The smallest absolute Gasteiger partial charge is 0.120 e. The van der Waals surface area contributed by atoms with Gasteiger partial charge in [-0.05, 0) is 18.6 Å². The number of fused-ring (bicyclic) bond motifs is 1. The maximum atomic E-state index is 3.97. The van der Waals surface area contributed by atoms with Crippen molar-refractivity contribution in [2.45, 2.75) is 6.92 Å². The van der Waals surface area contributed by atoms with Crippen molar-refractivity contribution < 1.29 is 0 Å². The van der Waals surface area contributed by atoms with E-state index in [0.717, 1.165) is 22.2 Å². The summed E-state index contributed by atoms with van der Waals surface area (Å²) in [6.07, 6.45) is 0. The van der Waals surface area contributed by atoms with E-state index in [1.165, 1.54) is 0 Å². The predicted octanol–water partition coefficient (Wildman–Crippen LogP) is 1.99. The highest BCUT2D eigenvalue weighted by molar-refractivity contribution is 5.87. The number of nitrogens with one attached hydrogen (secondary N) is 1. The number of allylic oxidation sites excluding steroid dienone is 1. The van der Waals surface area contributed by atoms with Crippen LogP contribution in [0.1, 0.15) is 12.5 Å². The van der Waals surface area contributed by atoms with Crippen LogP contribution in [0.25, 0.3) is 16.6 Å². The van der Waals surface area contributed by atoms with Gasteiger partial charge in [0.25, 0.3) is 0 Å². The number of hydrogen-bond acceptors (Lipinski definition) is 2. The van der Waals surface area contributed by atoms with Crippen LogP contribution < -0.4 is 0 Å². The van der Waals surface area contributed by atoms with E-state index in [9.17, 15) is 0 Å². The van der Waals surface area contributed by atoms with Gasteiger partial charge in [0.2, 0.25) is 0 Å². The highest BCUT2D eigenvalue weighted by Gasteiger charge is 2.03. The summed E-state index contributed by atoms with van der Waals surface area (Å²) >= 11 is 0. The molecule has 1 aromatic heterocycles. The lowest BCUT2D eigenvalue weighted by atomic mass is 10.1. The second kappa shape index (κ2) is 2.44. The van der Waals surface area contributed by atoms with Crippen LogP contribution >= 0.6 is 0 Å². The molecule has 0 amide bonds. The minimum atomic E-state index is 0.894. The molecule has 0 bridgehead atoms. The van der Waals surface area contributed by atoms with Gasteiger partial charge in [0, 0.05) is 5.56 Å². The summed E-state index contributed by atoms with van der Waals surface area (Å²) in [4.78, 5) is 0. The van der Waals surface area contributed by atoms with Gasteiger partial charge in [-0.15, -0.1) is 5.10 Å². The Morgan fingerprint density at radius 1 is 1.50 bits per heavy atom. The second-order valence-electron chi connectivity index (χ2n) is 2.79. The molecule has 2 aromatic rings. The molecule has 0 aliphatic rings. The van der Waals surface area contributed by atoms with Crippen LogP contribution in [0.3, 0.4) is 0 Å². The van der Waals surface area contributed by atoms with Crippen molar-refractivity contribution in [3.05, 3.63) is 30.3 Å². The Kier molecular flexibility index (Phi) is 1.43. The van der Waals surface area contributed by atoms with Crippen molar-refractivity contribution in [1.82, 2.24) is 15.4 Å². The summed E-state index contributed by atoms with van der Waals surface area (Å²) < 4.78 is 0. The number of hydrogen-bond donors (Lipinski definition) is 1. The largest absolute Gasteiger partial charge is 0.258 e. The summed E-state index contributed by atoms with van der Waals surface area (Å²) in [5, 5.41) is 10.5. The van der Waals surface area contributed by atoms with Gasteiger partial charge in [0.1, 0.15) is 5.52 Å². The maximum absolute atomic E-state index is 3.97. The highest BCUT2D eigenvalue weighted by atomic mass is 15.3. The average Bonchev–Trinajstić information content (AvgIpc) is 2.49. The molecule has 0 unspecified atom stereocenters. The third-order valence-corrected chi connectivity index (χ3v) is 1.82. The molecule has 0 saturated carbocycles. The second-order valence-corrected chi connectivity index (χ2v) is 2.79. The standard InChI is InChI=1S/C9H9N3/c1-6(2)7-4-3-5-8-9(7)11-12-10-8/h3-5H,1H2,2H3,(H,10,11,12). The van der Waals surface area contributed by atoms with Crippen LogP contribution in [-0.4, -0.2) is 15.4 Å². The Morgan fingerprint density at radius 3 is 3.08 bits per heavy atom. The Balaban J connectivity index is 2.82. The van der Waals surface area contributed by atoms with Gasteiger partial charge in [-0.1, -0.05) is 23.9 Å². The fraction of sp³-hybridized carbons (Fsp3) is 0.111. The minimum absolute atomic E-state index is 0.894. The monoisotopic (exact) mass is 159 g/mol. The lowest BCUT2D eigenvalue weighted by molar-refractivity contribution is 0.959. The zero-order valence-corrected chi connectivity index (χ0v) is 6.83. The van der Waals surface area contributed by atoms with Gasteiger partial charge >= 0.3 is 0 Å². The molecule has 1 heterocycles. The molecule has 0 saturated heterocycles. The molecular weight excluding hydrogens is 150 g/mol. The van der Waals surface area contributed by atoms with E-state index in [2.05, 4.69) is 22.0 Å². The first kappa shape index (κ1) is 7.03. The molecule has 0 radical (unpaired) electrons. The molecule has 3 nitrogen and oxygen atoms in total. The van der Waals surface area contributed by atoms with Crippen molar-refractivity contribution in [2.75, 3.05) is 0 Å². The zero-order chi connectivity index (χ0) is 8.55. The van der Waals surface area contributed by atoms with E-state index in [-0.39, 0.29) is 0 Å². The molecule has 12 heavy (non-hydrogen) atoms. The van der Waals surface area contributed by atoms with Crippen molar-refractivity contribution in [2.24, 2.45) is 0 Å². The molecule has 0 fully saturated rings. The fourth-order valence-electron chi connectivity index (χ4n) is 1.21. The lowest BCUT2D eigenvalue weighted by Gasteiger charge is -1.97. The summed E-state index contributed by atoms with van der Waals surface area (Å²) in [6, 6.07) is 5.90. The molecule has 60 valence electrons. The molecule has 1 aromatic carbocycles. The quantitative estimate of drug-likeness (QED) is 0.691. The third kappa shape index (κ3) is 0.906. The van der Waals surface area contributed by atoms with Gasteiger partial charge in [0.15, 0.2) is 0 Å². The zero-order valence-electron chi connectivity index (χ0n) is 6.83. The minimum Gasteiger partial charge on any atom is -0.258 e. The van der Waals surface area contributed by atoms with Crippen molar-refractivity contribution in [1.29, 1.82) is 0 Å². The Morgan fingerprint density at radius 2 is 2.33 bits per heavy atom. The van der Waals surface area contributed by atoms with Crippen LogP contribution in [0.5, 0.6) is 0 Å². The van der Waals surface area contributed by atoms with Gasteiger partial charge in [-0.2, -0.15) is 0 Å². The number of rotatable bonds is 1. The van der Waals surface area contributed by atoms with E-state index in [0.29, 0.717) is 0 Å². The van der Waals surface area contributed by atoms with Crippen molar-refractivity contribution in [3.63, 3.8) is 0 Å². The maximum Gasteiger partial charge on any atom is 0.120 e. The summed E-state index contributed by atoms with van der Waals surface area (Å²) in [6.45, 7) is 5.84. The molecular formula is C9H9N3. The first-order valence-corrected chi connectivity index (χ1v) is 3.74. The topological polar surface area (TPSA) is 41.6 Å². The van der Waals surface area contributed by atoms with Gasteiger partial charge < -0.3 is 0 Å². The molecule has 0 atom stereocenters. The van der Waals surface area contributed by atoms with E-state index in [1.807, 2.05) is 25.1 Å². The highest BCUT2D eigenvalue weighted by Crippen LogP contribution is 2.19. The van der Waals surface area contributed by atoms with Crippen LogP contribution in [0, 0.1) is 0 Å². The Labute approximate surface area is 70.1 Å². The first-order chi connectivity index (χ1) is 5.79. The van der Waals surface area contributed by atoms with E-state index >= 15 is 0 Å². The van der Waals surface area contributed by atoms with E-state index < -0.39 is 0 Å². The number of aromatic amines is 1. The lowest BCUT2D eigenvalue weighted by Crippen LogP contribution is -1.80. The summed E-state index contributed by atoms with van der Waals surface area (Å²) in [5.41, 5.74) is 3.91. The van der Waals surface area contributed by atoms with Crippen LogP contribution in [-0.2, 0) is 0 Å². The van der Waals surface area contributed by atoms with Crippen LogP contribution in [0.15, 0.2) is 24.8 Å². The first-order valence-electron chi connectivity index (χ1n) is 3.74. The molecule has 1 N–H and O–H groups in total. The van der Waals surface area contributed by atoms with Gasteiger partial charge in [-0.25, -0.2) is 0 Å². The Hall–Kier alpha value is -1.64. The average molecular weight is 159 g/mol. The Bertz CT molecular complexity index is 428. The molecule has 2 rings (SSSR count). The number of benzene rings is 1. The number of nitrogens with zero attached hydrogens (tertiary/aromatic N) is 2. The normalized spacial score (nSPS) is 10.4. The molecule has 0 aliphatic heterocycles. The van der Waals surface area contributed by atoms with Crippen LogP contribution in [0.4, 0.5) is 0 Å². The van der Waals surface area contributed by atoms with Gasteiger partial charge in [-0.3, -0.25) is 5.10 Å². The van der Waals surface area contributed by atoms with Crippen LogP contribution in [0.2, 0.25) is 0 Å². The molecule has 3 heteroatoms. The SMILES string of the molecule is C=C(C)c1cccc2[nH]nnc12. The fourth-order valence-corrected chi connectivity index (χ4v) is 1.21. The molecule has 0 spiro atoms. The number of H-pyrrole nitrogens is 1. The van der Waals surface area contributed by atoms with Crippen molar-refractivity contribution in [3.8, 4) is 0 Å². The van der Waals surface area contributed by atoms with Gasteiger partial charge in [0.05, 0.1) is 5.52 Å². The number of aromatic nitrogens is 3. The molecule has 0 aliphatic carbocycles. The van der Waals surface area contributed by atoms with E-state index in [4.69, 9.17) is 0 Å². The van der Waals surface area contributed by atoms with Crippen molar-refractivity contribution >= 4 is 16.6 Å². The summed E-state index contributed by atoms with van der Waals surface area (Å²) in [7, 11) is 0. The third-order valence-electron chi connectivity index (χ3n) is 1.82. The summed E-state index contributed by atoms with van der Waals surface area (Å²) in [5.74, 6) is 0. The van der Waals surface area contributed by atoms with E-state index in [1.54, 1.807) is 0 Å². The predicted molar refractivity (Wildman–Crippen MR) is 48.6 cm³/mol.